The summed E-state index contributed by atoms with van der Waals surface area (Å²) in [6.07, 6.45) is 2.77. The van der Waals surface area contributed by atoms with E-state index in [0.717, 1.165) is 19.3 Å². The topological polar surface area (TPSA) is 50.1 Å². The summed E-state index contributed by atoms with van der Waals surface area (Å²) in [6, 6.07) is 22.8. The summed E-state index contributed by atoms with van der Waals surface area (Å²) in [7, 11) is 0. The molecule has 0 fully saturated rings. The van der Waals surface area contributed by atoms with Gasteiger partial charge in [0.25, 0.3) is 0 Å². The Hall–Kier alpha value is -2.86. The maximum atomic E-state index is 11.7. The molecule has 140 valence electrons. The van der Waals surface area contributed by atoms with Crippen LogP contribution in [0.5, 0.6) is 0 Å². The number of carbonyl (C=O) groups excluding carboxylic acids is 1. The predicted molar refractivity (Wildman–Crippen MR) is 108 cm³/mol. The van der Waals surface area contributed by atoms with Crippen molar-refractivity contribution in [3.8, 4) is 6.07 Å². The Morgan fingerprint density at radius 2 is 1.63 bits per heavy atom. The van der Waals surface area contributed by atoms with Crippen molar-refractivity contribution in [2.75, 3.05) is 6.61 Å². The molecule has 0 aliphatic carbocycles. The molecule has 0 radical (unpaired) electrons. The molecular formula is C24H27NO2. The van der Waals surface area contributed by atoms with Crippen molar-refractivity contribution < 1.29 is 9.53 Å². The second-order valence-electron chi connectivity index (χ2n) is 7.07. The second kappa shape index (κ2) is 9.73. The molecule has 0 spiro atoms. The van der Waals surface area contributed by atoms with Crippen molar-refractivity contribution >= 4 is 5.97 Å². The molecule has 27 heavy (non-hydrogen) atoms. The summed E-state index contributed by atoms with van der Waals surface area (Å²) in [5.41, 5.74) is 2.29. The highest BCUT2D eigenvalue weighted by Crippen LogP contribution is 2.37. The van der Waals surface area contributed by atoms with E-state index >= 15 is 0 Å². The van der Waals surface area contributed by atoms with E-state index in [1.165, 1.54) is 11.1 Å². The van der Waals surface area contributed by atoms with Crippen molar-refractivity contribution in [2.45, 2.75) is 38.5 Å². The zero-order valence-electron chi connectivity index (χ0n) is 16.2. The van der Waals surface area contributed by atoms with Gasteiger partial charge in [0, 0.05) is 5.41 Å². The number of nitriles is 1. The van der Waals surface area contributed by atoms with Gasteiger partial charge in [-0.3, -0.25) is 0 Å². The lowest BCUT2D eigenvalue weighted by Crippen LogP contribution is -2.25. The quantitative estimate of drug-likeness (QED) is 0.340. The third kappa shape index (κ3) is 5.31. The highest BCUT2D eigenvalue weighted by molar-refractivity contribution is 5.91. The van der Waals surface area contributed by atoms with Gasteiger partial charge >= 0.3 is 5.97 Å². The normalized spacial score (nSPS) is 12.0. The lowest BCUT2D eigenvalue weighted by Gasteiger charge is -2.32. The Labute approximate surface area is 162 Å². The molecule has 3 heteroatoms. The van der Waals surface area contributed by atoms with Crippen molar-refractivity contribution in [1.82, 2.24) is 0 Å². The summed E-state index contributed by atoms with van der Waals surface area (Å²) in [4.78, 5) is 11.7. The van der Waals surface area contributed by atoms with Crippen molar-refractivity contribution in [1.29, 1.82) is 5.26 Å². The minimum atomic E-state index is -0.621. The van der Waals surface area contributed by atoms with Gasteiger partial charge in [-0.15, -0.1) is 0 Å². The van der Waals surface area contributed by atoms with E-state index in [9.17, 15) is 4.79 Å². The van der Waals surface area contributed by atoms with Crippen LogP contribution in [0.3, 0.4) is 0 Å². The molecule has 0 aliphatic rings. The van der Waals surface area contributed by atoms with Gasteiger partial charge < -0.3 is 4.74 Å². The molecule has 0 aliphatic heterocycles. The fourth-order valence-electron chi connectivity index (χ4n) is 3.29. The number of nitrogens with zero attached hydrogens (tertiary/aromatic N) is 1. The third-order valence-corrected chi connectivity index (χ3v) is 5.28. The zero-order valence-corrected chi connectivity index (χ0v) is 16.2. The van der Waals surface area contributed by atoms with Gasteiger partial charge in [0.2, 0.25) is 0 Å². The fourth-order valence-corrected chi connectivity index (χ4v) is 3.29. The standard InChI is InChI=1S/C24H27NO2/c1-4-20(18-27-23(26)19(2)17-25)15-16-24(3,21-11-7-5-8-12-21)22-13-9-6-10-14-22/h5-14,20H,2,4,15-16,18H2,1,3H3. The molecular weight excluding hydrogens is 334 g/mol. The summed E-state index contributed by atoms with van der Waals surface area (Å²) < 4.78 is 5.26. The summed E-state index contributed by atoms with van der Waals surface area (Å²) in [5, 5.41) is 8.74. The van der Waals surface area contributed by atoms with E-state index in [2.05, 4.69) is 69.0 Å². The van der Waals surface area contributed by atoms with Gasteiger partial charge in [0.05, 0.1) is 6.61 Å². The van der Waals surface area contributed by atoms with Crippen LogP contribution in [-0.2, 0) is 14.9 Å². The van der Waals surface area contributed by atoms with Gasteiger partial charge in [-0.25, -0.2) is 4.79 Å². The van der Waals surface area contributed by atoms with Gasteiger partial charge in [-0.2, -0.15) is 5.26 Å². The first kappa shape index (κ1) is 20.5. The molecule has 3 nitrogen and oxygen atoms in total. The minimum absolute atomic E-state index is 0.115. The molecule has 1 atom stereocenters. The number of carbonyl (C=O) groups is 1. The van der Waals surface area contributed by atoms with E-state index in [1.54, 1.807) is 6.07 Å². The monoisotopic (exact) mass is 361 g/mol. The molecule has 0 aromatic heterocycles. The van der Waals surface area contributed by atoms with Crippen LogP contribution in [0.25, 0.3) is 0 Å². The van der Waals surface area contributed by atoms with Crippen LogP contribution >= 0.6 is 0 Å². The van der Waals surface area contributed by atoms with Crippen LogP contribution in [0.15, 0.2) is 72.8 Å². The van der Waals surface area contributed by atoms with Gasteiger partial charge in [-0.05, 0) is 29.9 Å². The van der Waals surface area contributed by atoms with E-state index in [4.69, 9.17) is 10.00 Å². The number of benzene rings is 2. The maximum absolute atomic E-state index is 11.7. The molecule has 0 heterocycles. The SMILES string of the molecule is C=C(C#N)C(=O)OCC(CC)CCC(C)(c1ccccc1)c1ccccc1. The second-order valence-corrected chi connectivity index (χ2v) is 7.07. The van der Waals surface area contributed by atoms with E-state index < -0.39 is 5.97 Å². The van der Waals surface area contributed by atoms with Crippen LogP contribution in [0.2, 0.25) is 0 Å². The number of hydrogen-bond acceptors (Lipinski definition) is 3. The van der Waals surface area contributed by atoms with Crippen LogP contribution in [0, 0.1) is 17.2 Å². The van der Waals surface area contributed by atoms with Gasteiger partial charge in [0.1, 0.15) is 11.6 Å². The Morgan fingerprint density at radius 1 is 1.11 bits per heavy atom. The molecule has 2 aromatic carbocycles. The molecule has 2 rings (SSSR count). The molecule has 1 unspecified atom stereocenters. The average molecular weight is 361 g/mol. The lowest BCUT2D eigenvalue weighted by atomic mass is 9.72. The average Bonchev–Trinajstić information content (AvgIpc) is 2.74. The Bertz CT molecular complexity index is 751. The van der Waals surface area contributed by atoms with Crippen LogP contribution in [-0.4, -0.2) is 12.6 Å². The van der Waals surface area contributed by atoms with Gasteiger partial charge in [0.15, 0.2) is 0 Å². The molecule has 0 saturated heterocycles. The van der Waals surface area contributed by atoms with Crippen molar-refractivity contribution in [3.63, 3.8) is 0 Å². The minimum Gasteiger partial charge on any atom is -0.461 e. The number of rotatable bonds is 9. The molecule has 2 aromatic rings. The van der Waals surface area contributed by atoms with Crippen molar-refractivity contribution in [2.24, 2.45) is 5.92 Å². The zero-order chi connectivity index (χ0) is 19.7. The van der Waals surface area contributed by atoms with Gasteiger partial charge in [-0.1, -0.05) is 87.5 Å². The lowest BCUT2D eigenvalue weighted by molar-refractivity contribution is -0.140. The van der Waals surface area contributed by atoms with Crippen LogP contribution in [0.1, 0.15) is 44.2 Å². The largest absolute Gasteiger partial charge is 0.461 e. The highest BCUT2D eigenvalue weighted by Gasteiger charge is 2.29. The summed E-state index contributed by atoms with van der Waals surface area (Å²) in [6.45, 7) is 8.09. The summed E-state index contributed by atoms with van der Waals surface area (Å²) >= 11 is 0. The maximum Gasteiger partial charge on any atom is 0.348 e. The Kier molecular flexibility index (Phi) is 7.37. The third-order valence-electron chi connectivity index (χ3n) is 5.28. The number of esters is 1. The number of ether oxygens (including phenoxy) is 1. The fraction of sp³-hybridized carbons (Fsp3) is 0.333. The van der Waals surface area contributed by atoms with Crippen LogP contribution < -0.4 is 0 Å². The summed E-state index contributed by atoms with van der Waals surface area (Å²) in [5.74, 6) is -0.378. The molecule has 0 amide bonds. The smallest absolute Gasteiger partial charge is 0.348 e. The van der Waals surface area contributed by atoms with E-state index in [1.807, 2.05) is 12.1 Å². The van der Waals surface area contributed by atoms with Crippen LogP contribution in [0.4, 0.5) is 0 Å². The first-order valence-corrected chi connectivity index (χ1v) is 9.38. The Morgan fingerprint density at radius 3 is 2.07 bits per heavy atom. The molecule has 0 bridgehead atoms. The number of hydrogen-bond donors (Lipinski definition) is 0. The first-order chi connectivity index (χ1) is 13.0. The Balaban J connectivity index is 2.13. The first-order valence-electron chi connectivity index (χ1n) is 9.38. The van der Waals surface area contributed by atoms with E-state index in [0.29, 0.717) is 6.61 Å². The van der Waals surface area contributed by atoms with Crippen molar-refractivity contribution in [3.05, 3.63) is 83.9 Å². The highest BCUT2D eigenvalue weighted by atomic mass is 16.5. The predicted octanol–water partition coefficient (Wildman–Crippen LogP) is 5.42. The molecule has 0 saturated carbocycles. The van der Waals surface area contributed by atoms with E-state index in [-0.39, 0.29) is 16.9 Å². The molecule has 0 N–H and O–H groups in total.